The van der Waals surface area contributed by atoms with Crippen LogP contribution in [0.25, 0.3) is 0 Å². The van der Waals surface area contributed by atoms with Crippen LogP contribution in [0.4, 0.5) is 4.79 Å². The molecule has 2 unspecified atom stereocenters. The van der Waals surface area contributed by atoms with E-state index in [0.29, 0.717) is 5.56 Å². The number of hydrogen-bond donors (Lipinski definition) is 3. The Bertz CT molecular complexity index is 968. The van der Waals surface area contributed by atoms with Crippen LogP contribution in [0.15, 0.2) is 30.3 Å². The molecule has 1 aromatic rings. The summed E-state index contributed by atoms with van der Waals surface area (Å²) < 4.78 is 10.2. The summed E-state index contributed by atoms with van der Waals surface area (Å²) in [5.74, 6) is -2.22. The third-order valence-electron chi connectivity index (χ3n) is 5.18. The quantitative estimate of drug-likeness (QED) is 0.348. The number of nitrogens with one attached hydrogen (secondary N) is 2. The first kappa shape index (κ1) is 32.4. The van der Waals surface area contributed by atoms with E-state index in [-0.39, 0.29) is 32.4 Å². The summed E-state index contributed by atoms with van der Waals surface area (Å²) in [6.45, 7) is 12.2. The van der Waals surface area contributed by atoms with Crippen LogP contribution < -0.4 is 16.4 Å². The van der Waals surface area contributed by atoms with Gasteiger partial charge in [0.15, 0.2) is 0 Å². The first-order chi connectivity index (χ1) is 17.6. The second kappa shape index (κ2) is 14.3. The van der Waals surface area contributed by atoms with Crippen molar-refractivity contribution < 1.29 is 33.4 Å². The molecular formula is C27H42N4O7. The van der Waals surface area contributed by atoms with E-state index in [1.54, 1.807) is 78.8 Å². The maximum atomic E-state index is 14.0. The number of primary amides is 1. The van der Waals surface area contributed by atoms with Gasteiger partial charge in [0, 0.05) is 18.5 Å². The third kappa shape index (κ3) is 11.2. The average molecular weight is 535 g/mol. The fraction of sp³-hybridized carbons (Fsp3) is 0.593. The Kier molecular flexibility index (Phi) is 12.2. The van der Waals surface area contributed by atoms with Crippen LogP contribution in [-0.4, -0.2) is 65.0 Å². The highest BCUT2D eigenvalue weighted by molar-refractivity contribution is 5.93. The van der Waals surface area contributed by atoms with E-state index in [1.807, 2.05) is 0 Å². The molecule has 0 aliphatic rings. The van der Waals surface area contributed by atoms with Crippen molar-refractivity contribution >= 4 is 29.8 Å². The van der Waals surface area contributed by atoms with E-state index in [2.05, 4.69) is 10.6 Å². The van der Waals surface area contributed by atoms with E-state index in [1.165, 1.54) is 4.90 Å². The van der Waals surface area contributed by atoms with Crippen LogP contribution in [-0.2, 0) is 28.7 Å². The first-order valence-electron chi connectivity index (χ1n) is 12.7. The van der Waals surface area contributed by atoms with Crippen LogP contribution in [0, 0.1) is 0 Å². The van der Waals surface area contributed by atoms with Crippen molar-refractivity contribution in [1.82, 2.24) is 15.5 Å². The zero-order valence-corrected chi connectivity index (χ0v) is 23.5. The smallest absolute Gasteiger partial charge is 0.408 e. The molecular weight excluding hydrogens is 492 g/mol. The summed E-state index contributed by atoms with van der Waals surface area (Å²) in [6, 6.07) is 6.37. The number of amides is 4. The minimum Gasteiger partial charge on any atom is -0.466 e. The number of nitrogens with zero attached hydrogens (tertiary/aromatic N) is 1. The predicted molar refractivity (Wildman–Crippen MR) is 142 cm³/mol. The SMILES string of the molecule is CCOC(=O)CCNC(=O)C(c1ccccc1)N(C(=O)C(CCC(N)=O)NC(=O)OC(C)(C)C)C(C)(C)C. The number of nitrogens with two attached hydrogens (primary N) is 1. The van der Waals surface area contributed by atoms with Crippen LogP contribution in [0.5, 0.6) is 0 Å². The lowest BCUT2D eigenvalue weighted by Gasteiger charge is -2.43. The molecule has 38 heavy (non-hydrogen) atoms. The number of hydrogen-bond acceptors (Lipinski definition) is 7. The van der Waals surface area contributed by atoms with Gasteiger partial charge in [0.25, 0.3) is 0 Å². The monoisotopic (exact) mass is 534 g/mol. The van der Waals surface area contributed by atoms with Crippen LogP contribution in [0.1, 0.15) is 79.3 Å². The number of carbonyl (C=O) groups is 5. The lowest BCUT2D eigenvalue weighted by atomic mass is 9.94. The van der Waals surface area contributed by atoms with Crippen molar-refractivity contribution in [1.29, 1.82) is 0 Å². The molecule has 0 spiro atoms. The molecule has 0 aliphatic carbocycles. The Labute approximate surface area is 224 Å². The Balaban J connectivity index is 3.42. The molecule has 0 saturated carbocycles. The maximum Gasteiger partial charge on any atom is 0.408 e. The van der Waals surface area contributed by atoms with Crippen LogP contribution in [0.3, 0.4) is 0 Å². The van der Waals surface area contributed by atoms with E-state index in [0.717, 1.165) is 0 Å². The highest BCUT2D eigenvalue weighted by atomic mass is 16.6. The Hall–Kier alpha value is -3.63. The molecule has 11 heteroatoms. The summed E-state index contributed by atoms with van der Waals surface area (Å²) >= 11 is 0. The molecule has 2 atom stereocenters. The van der Waals surface area contributed by atoms with E-state index >= 15 is 0 Å². The van der Waals surface area contributed by atoms with Crippen molar-refractivity contribution in [2.24, 2.45) is 5.73 Å². The fourth-order valence-corrected chi connectivity index (χ4v) is 3.68. The summed E-state index contributed by atoms with van der Waals surface area (Å²) in [5, 5.41) is 5.26. The van der Waals surface area contributed by atoms with Gasteiger partial charge in [0.2, 0.25) is 17.7 Å². The molecule has 0 fully saturated rings. The van der Waals surface area contributed by atoms with Crippen molar-refractivity contribution in [3.8, 4) is 0 Å². The Morgan fingerprint density at radius 2 is 1.58 bits per heavy atom. The number of ether oxygens (including phenoxy) is 2. The molecule has 0 heterocycles. The van der Waals surface area contributed by atoms with Gasteiger partial charge >= 0.3 is 12.1 Å². The molecule has 1 aromatic carbocycles. The van der Waals surface area contributed by atoms with Gasteiger partial charge < -0.3 is 30.7 Å². The Morgan fingerprint density at radius 3 is 2.08 bits per heavy atom. The van der Waals surface area contributed by atoms with Gasteiger partial charge in [-0.1, -0.05) is 30.3 Å². The topological polar surface area (TPSA) is 157 Å². The molecule has 1 rings (SSSR count). The summed E-state index contributed by atoms with van der Waals surface area (Å²) in [4.78, 5) is 64.8. The standard InChI is InChI=1S/C27H42N4O7/c1-8-37-21(33)16-17-29-23(34)22(18-12-10-9-11-13-18)31(26(2,3)4)24(35)19(14-15-20(28)32)30-25(36)38-27(5,6)7/h9-13,19,22H,8,14-17H2,1-7H3,(H2,28,32)(H,29,34)(H,30,36). The highest BCUT2D eigenvalue weighted by Gasteiger charge is 2.41. The number of benzene rings is 1. The minimum absolute atomic E-state index is 0.00837. The number of rotatable bonds is 12. The molecule has 0 saturated heterocycles. The summed E-state index contributed by atoms with van der Waals surface area (Å²) in [7, 11) is 0. The van der Waals surface area contributed by atoms with Crippen molar-refractivity contribution in [2.45, 2.75) is 91.0 Å². The molecule has 212 valence electrons. The number of carbonyl (C=O) groups excluding carboxylic acids is 5. The molecule has 0 aliphatic heterocycles. The van der Waals surface area contributed by atoms with E-state index in [4.69, 9.17) is 15.2 Å². The molecule has 0 aromatic heterocycles. The van der Waals surface area contributed by atoms with Gasteiger partial charge in [-0.15, -0.1) is 0 Å². The van der Waals surface area contributed by atoms with Gasteiger partial charge in [-0.05, 0) is 60.5 Å². The van der Waals surface area contributed by atoms with Crippen LogP contribution in [0.2, 0.25) is 0 Å². The second-order valence-corrected chi connectivity index (χ2v) is 10.7. The van der Waals surface area contributed by atoms with E-state index in [9.17, 15) is 24.0 Å². The molecule has 0 radical (unpaired) electrons. The zero-order chi connectivity index (χ0) is 29.1. The van der Waals surface area contributed by atoms with Crippen LogP contribution >= 0.6 is 0 Å². The summed E-state index contributed by atoms with van der Waals surface area (Å²) in [6.07, 6.45) is -1.14. The minimum atomic E-state index is -1.20. The third-order valence-corrected chi connectivity index (χ3v) is 5.18. The lowest BCUT2D eigenvalue weighted by Crippen LogP contribution is -2.58. The lowest BCUT2D eigenvalue weighted by molar-refractivity contribution is -0.149. The maximum absolute atomic E-state index is 14.0. The van der Waals surface area contributed by atoms with Gasteiger partial charge in [-0.25, -0.2) is 4.79 Å². The normalized spacial score (nSPS) is 13.0. The van der Waals surface area contributed by atoms with Crippen molar-refractivity contribution in [2.75, 3.05) is 13.2 Å². The van der Waals surface area contributed by atoms with Gasteiger partial charge in [-0.3, -0.25) is 19.2 Å². The Morgan fingerprint density at radius 1 is 0.974 bits per heavy atom. The molecule has 4 N–H and O–H groups in total. The second-order valence-electron chi connectivity index (χ2n) is 10.7. The van der Waals surface area contributed by atoms with E-state index < -0.39 is 53.0 Å². The largest absolute Gasteiger partial charge is 0.466 e. The number of esters is 1. The molecule has 4 amide bonds. The average Bonchev–Trinajstić information content (AvgIpc) is 2.78. The first-order valence-corrected chi connectivity index (χ1v) is 12.7. The van der Waals surface area contributed by atoms with Gasteiger partial charge in [0.1, 0.15) is 17.7 Å². The zero-order valence-electron chi connectivity index (χ0n) is 23.5. The fourth-order valence-electron chi connectivity index (χ4n) is 3.68. The predicted octanol–water partition coefficient (Wildman–Crippen LogP) is 2.58. The summed E-state index contributed by atoms with van der Waals surface area (Å²) in [5.41, 5.74) is 4.12. The number of alkyl carbamates (subject to hydrolysis) is 1. The molecule has 0 bridgehead atoms. The van der Waals surface area contributed by atoms with Crippen molar-refractivity contribution in [3.05, 3.63) is 35.9 Å². The van der Waals surface area contributed by atoms with Gasteiger partial charge in [-0.2, -0.15) is 0 Å². The van der Waals surface area contributed by atoms with Gasteiger partial charge in [0.05, 0.1) is 13.0 Å². The van der Waals surface area contributed by atoms with Crippen molar-refractivity contribution in [3.63, 3.8) is 0 Å². The highest BCUT2D eigenvalue weighted by Crippen LogP contribution is 2.30. The molecule has 11 nitrogen and oxygen atoms in total.